The van der Waals surface area contributed by atoms with Gasteiger partial charge in [-0.05, 0) is 18.8 Å². The fraction of sp³-hybridized carbons (Fsp3) is 1.00. The van der Waals surface area contributed by atoms with Crippen molar-refractivity contribution in [3.8, 4) is 0 Å². The first-order valence-corrected chi connectivity index (χ1v) is 5.27. The lowest BCUT2D eigenvalue weighted by Gasteiger charge is -2.48. The summed E-state index contributed by atoms with van der Waals surface area (Å²) in [4.78, 5) is 2.30. The fourth-order valence-corrected chi connectivity index (χ4v) is 2.08. The van der Waals surface area contributed by atoms with Gasteiger partial charge >= 0.3 is 0 Å². The van der Waals surface area contributed by atoms with Gasteiger partial charge < -0.3 is 15.2 Å². The second-order valence-electron chi connectivity index (χ2n) is 4.49. The normalized spacial score (nSPS) is 28.5. The maximum absolute atomic E-state index is 6.04. The van der Waals surface area contributed by atoms with Gasteiger partial charge in [0.05, 0.1) is 13.1 Å². The summed E-state index contributed by atoms with van der Waals surface area (Å²) in [5.41, 5.74) is 6.04. The van der Waals surface area contributed by atoms with Crippen LogP contribution in [-0.4, -0.2) is 50.6 Å². The molecule has 1 aliphatic carbocycles. The summed E-state index contributed by atoms with van der Waals surface area (Å²) >= 11 is 0. The Bertz CT molecular complexity index is 192. The molecule has 2 fully saturated rings. The largest absolute Gasteiger partial charge is 0.351 e. The highest BCUT2D eigenvalue weighted by molar-refractivity contribution is 4.94. The Labute approximate surface area is 85.3 Å². The minimum absolute atomic E-state index is 0.349. The van der Waals surface area contributed by atoms with Crippen molar-refractivity contribution >= 4 is 0 Å². The third-order valence-corrected chi connectivity index (χ3v) is 3.37. The Hall–Kier alpha value is -0.160. The predicted molar refractivity (Wildman–Crippen MR) is 53.9 cm³/mol. The first-order chi connectivity index (χ1) is 6.69. The quantitative estimate of drug-likeness (QED) is 0.636. The minimum atomic E-state index is -0.358. The Morgan fingerprint density at radius 1 is 1.36 bits per heavy atom. The third kappa shape index (κ3) is 1.93. The molecule has 1 saturated carbocycles. The van der Waals surface area contributed by atoms with E-state index in [1.54, 1.807) is 14.2 Å². The lowest BCUT2D eigenvalue weighted by molar-refractivity contribution is -0.275. The zero-order valence-electron chi connectivity index (χ0n) is 9.03. The minimum Gasteiger partial charge on any atom is -0.351 e. The number of nitrogens with zero attached hydrogens (tertiary/aromatic N) is 1. The molecular formula is C10H20N2O2. The molecule has 1 aliphatic heterocycles. The van der Waals surface area contributed by atoms with Crippen LogP contribution in [0.4, 0.5) is 0 Å². The Balaban J connectivity index is 1.71. The van der Waals surface area contributed by atoms with Crippen molar-refractivity contribution in [3.63, 3.8) is 0 Å². The monoisotopic (exact) mass is 200 g/mol. The lowest BCUT2D eigenvalue weighted by atomic mass is 10.1. The molecule has 1 saturated heterocycles. The number of methoxy groups -OCH3 is 2. The molecule has 2 rings (SSSR count). The van der Waals surface area contributed by atoms with Crippen molar-refractivity contribution in [1.82, 2.24) is 4.90 Å². The van der Waals surface area contributed by atoms with E-state index in [1.165, 1.54) is 12.8 Å². The molecule has 1 unspecified atom stereocenters. The lowest BCUT2D eigenvalue weighted by Crippen LogP contribution is -2.65. The number of hydrogen-bond acceptors (Lipinski definition) is 4. The molecule has 1 heterocycles. The van der Waals surface area contributed by atoms with Gasteiger partial charge in [0.25, 0.3) is 0 Å². The van der Waals surface area contributed by atoms with Crippen molar-refractivity contribution in [2.75, 3.05) is 33.9 Å². The topological polar surface area (TPSA) is 47.7 Å². The van der Waals surface area contributed by atoms with Crippen LogP contribution in [0.25, 0.3) is 0 Å². The molecule has 82 valence electrons. The van der Waals surface area contributed by atoms with E-state index in [0.29, 0.717) is 6.04 Å². The van der Waals surface area contributed by atoms with Gasteiger partial charge in [-0.15, -0.1) is 0 Å². The molecule has 4 heteroatoms. The summed E-state index contributed by atoms with van der Waals surface area (Å²) < 4.78 is 10.6. The highest BCUT2D eigenvalue weighted by atomic mass is 16.7. The third-order valence-electron chi connectivity index (χ3n) is 3.37. The van der Waals surface area contributed by atoms with Gasteiger partial charge in [0.15, 0.2) is 5.79 Å². The van der Waals surface area contributed by atoms with Crippen LogP contribution in [0.3, 0.4) is 0 Å². The Morgan fingerprint density at radius 2 is 1.93 bits per heavy atom. The van der Waals surface area contributed by atoms with E-state index in [9.17, 15) is 0 Å². The number of likely N-dealkylation sites (tertiary alicyclic amines) is 1. The number of nitrogens with two attached hydrogens (primary N) is 1. The van der Waals surface area contributed by atoms with Crippen molar-refractivity contribution in [2.24, 2.45) is 11.7 Å². The molecule has 2 N–H and O–H groups in total. The molecule has 0 amide bonds. The molecule has 0 radical (unpaired) electrons. The van der Waals surface area contributed by atoms with E-state index < -0.39 is 0 Å². The van der Waals surface area contributed by atoms with Crippen LogP contribution in [0.1, 0.15) is 12.8 Å². The van der Waals surface area contributed by atoms with Crippen LogP contribution in [0.2, 0.25) is 0 Å². The molecule has 0 spiro atoms. The maximum Gasteiger partial charge on any atom is 0.193 e. The Kier molecular flexibility index (Phi) is 2.79. The second kappa shape index (κ2) is 3.77. The number of hydrogen-bond donors (Lipinski definition) is 1. The molecule has 0 bridgehead atoms. The van der Waals surface area contributed by atoms with Gasteiger partial charge in [-0.25, -0.2) is 0 Å². The van der Waals surface area contributed by atoms with E-state index >= 15 is 0 Å². The smallest absolute Gasteiger partial charge is 0.193 e. The van der Waals surface area contributed by atoms with Crippen LogP contribution in [0, 0.1) is 5.92 Å². The zero-order valence-corrected chi connectivity index (χ0v) is 9.03. The van der Waals surface area contributed by atoms with E-state index in [-0.39, 0.29) is 5.79 Å². The average Bonchev–Trinajstić information content (AvgIpc) is 2.93. The van der Waals surface area contributed by atoms with Crippen LogP contribution in [-0.2, 0) is 9.47 Å². The van der Waals surface area contributed by atoms with Crippen molar-refractivity contribution in [1.29, 1.82) is 0 Å². The fourth-order valence-electron chi connectivity index (χ4n) is 2.08. The summed E-state index contributed by atoms with van der Waals surface area (Å²) in [6.07, 6.45) is 2.63. The Morgan fingerprint density at radius 3 is 2.36 bits per heavy atom. The van der Waals surface area contributed by atoms with Crippen LogP contribution in [0.15, 0.2) is 0 Å². The summed E-state index contributed by atoms with van der Waals surface area (Å²) in [6, 6.07) is 0.349. The maximum atomic E-state index is 6.04. The van der Waals surface area contributed by atoms with Gasteiger partial charge in [0, 0.05) is 26.8 Å². The van der Waals surface area contributed by atoms with Crippen molar-refractivity contribution in [3.05, 3.63) is 0 Å². The molecule has 14 heavy (non-hydrogen) atoms. The van der Waals surface area contributed by atoms with Gasteiger partial charge in [-0.3, -0.25) is 4.90 Å². The number of rotatable bonds is 5. The predicted octanol–water partition coefficient (Wildman–Crippen LogP) is 0.0284. The van der Waals surface area contributed by atoms with Crippen LogP contribution in [0.5, 0.6) is 0 Å². The summed E-state index contributed by atoms with van der Waals surface area (Å²) in [5.74, 6) is 0.415. The average molecular weight is 200 g/mol. The summed E-state index contributed by atoms with van der Waals surface area (Å²) in [5, 5.41) is 0. The van der Waals surface area contributed by atoms with Crippen LogP contribution >= 0.6 is 0 Å². The van der Waals surface area contributed by atoms with Crippen LogP contribution < -0.4 is 5.73 Å². The van der Waals surface area contributed by atoms with E-state index in [0.717, 1.165) is 25.6 Å². The van der Waals surface area contributed by atoms with Gasteiger partial charge in [0.2, 0.25) is 0 Å². The molecule has 0 aromatic heterocycles. The second-order valence-corrected chi connectivity index (χ2v) is 4.49. The van der Waals surface area contributed by atoms with Gasteiger partial charge in [-0.1, -0.05) is 0 Å². The van der Waals surface area contributed by atoms with Crippen molar-refractivity contribution < 1.29 is 9.47 Å². The summed E-state index contributed by atoms with van der Waals surface area (Å²) in [7, 11) is 3.39. The molecule has 0 aromatic rings. The molecule has 4 nitrogen and oxygen atoms in total. The first kappa shape index (κ1) is 10.4. The van der Waals surface area contributed by atoms with Gasteiger partial charge in [-0.2, -0.15) is 0 Å². The zero-order chi connectivity index (χ0) is 10.2. The first-order valence-electron chi connectivity index (χ1n) is 5.27. The molecule has 0 aromatic carbocycles. The van der Waals surface area contributed by atoms with E-state index in [4.69, 9.17) is 15.2 Å². The summed E-state index contributed by atoms with van der Waals surface area (Å²) in [6.45, 7) is 2.68. The molecule has 1 atom stereocenters. The standard InChI is InChI=1S/C10H20N2O2/c1-13-10(14-2)6-12(7-10)5-9(11)8-3-4-8/h8-9H,3-7,11H2,1-2H3. The highest BCUT2D eigenvalue weighted by Crippen LogP contribution is 2.33. The molecule has 2 aliphatic rings. The van der Waals surface area contributed by atoms with E-state index in [1.807, 2.05) is 0 Å². The van der Waals surface area contributed by atoms with E-state index in [2.05, 4.69) is 4.90 Å². The number of ether oxygens (including phenoxy) is 2. The van der Waals surface area contributed by atoms with Crippen molar-refractivity contribution in [2.45, 2.75) is 24.7 Å². The van der Waals surface area contributed by atoms with Gasteiger partial charge in [0.1, 0.15) is 0 Å². The highest BCUT2D eigenvalue weighted by Gasteiger charge is 2.45. The SMILES string of the molecule is COC1(OC)CN(CC(N)C2CC2)C1. The molecular weight excluding hydrogens is 180 g/mol.